The van der Waals surface area contributed by atoms with Gasteiger partial charge in [-0.15, -0.1) is 0 Å². The Kier molecular flexibility index (Phi) is 4.69. The summed E-state index contributed by atoms with van der Waals surface area (Å²) in [7, 11) is 1.98. The number of aromatic nitrogens is 1. The van der Waals surface area contributed by atoms with Crippen LogP contribution in [0.5, 0.6) is 0 Å². The molecule has 0 radical (unpaired) electrons. The minimum Gasteiger partial charge on any atom is -0.319 e. The minimum atomic E-state index is 0.312. The summed E-state index contributed by atoms with van der Waals surface area (Å²) in [5.74, 6) is 0.888. The summed E-state index contributed by atoms with van der Waals surface area (Å²) in [4.78, 5) is 4.49. The number of nitrogens with zero attached hydrogens (tertiary/aromatic N) is 1. The van der Waals surface area contributed by atoms with Crippen molar-refractivity contribution >= 4 is 0 Å². The number of benzene rings is 1. The molecule has 1 aromatic heterocycles. The van der Waals surface area contributed by atoms with E-state index in [0.29, 0.717) is 11.8 Å². The van der Waals surface area contributed by atoms with Crippen LogP contribution < -0.4 is 5.32 Å². The quantitative estimate of drug-likeness (QED) is 0.882. The van der Waals surface area contributed by atoms with Gasteiger partial charge in [0.2, 0.25) is 0 Å². The fourth-order valence-corrected chi connectivity index (χ4v) is 2.29. The number of pyridine rings is 1. The standard InChI is InChI=1S/C17H22N2/c1-13(2)14-7-9-15(10-8-14)16(12-18-3)17-6-4-5-11-19-17/h4-11,13,16,18H,12H2,1-3H3. The van der Waals surface area contributed by atoms with E-state index in [1.54, 1.807) is 0 Å². The van der Waals surface area contributed by atoms with Gasteiger partial charge in [-0.3, -0.25) is 4.98 Å². The van der Waals surface area contributed by atoms with Gasteiger partial charge in [0.05, 0.1) is 0 Å². The molecule has 0 aliphatic carbocycles. The third-order valence-corrected chi connectivity index (χ3v) is 3.46. The third-order valence-electron chi connectivity index (χ3n) is 3.46. The molecule has 1 aromatic carbocycles. The van der Waals surface area contributed by atoms with E-state index in [4.69, 9.17) is 0 Å². The summed E-state index contributed by atoms with van der Waals surface area (Å²) in [6.45, 7) is 5.34. The summed E-state index contributed by atoms with van der Waals surface area (Å²) in [5, 5.41) is 3.26. The maximum absolute atomic E-state index is 4.49. The van der Waals surface area contributed by atoms with Crippen LogP contribution in [-0.2, 0) is 0 Å². The molecule has 0 saturated carbocycles. The van der Waals surface area contributed by atoms with Crippen molar-refractivity contribution in [3.63, 3.8) is 0 Å². The summed E-state index contributed by atoms with van der Waals surface area (Å²) >= 11 is 0. The highest BCUT2D eigenvalue weighted by Crippen LogP contribution is 2.24. The van der Waals surface area contributed by atoms with Crippen LogP contribution in [0.4, 0.5) is 0 Å². The Labute approximate surface area is 115 Å². The van der Waals surface area contributed by atoms with Crippen LogP contribution in [0.3, 0.4) is 0 Å². The van der Waals surface area contributed by atoms with Gasteiger partial charge in [-0.25, -0.2) is 0 Å². The van der Waals surface area contributed by atoms with Crippen molar-refractivity contribution in [3.05, 3.63) is 65.5 Å². The van der Waals surface area contributed by atoms with Crippen LogP contribution in [0.15, 0.2) is 48.7 Å². The van der Waals surface area contributed by atoms with E-state index >= 15 is 0 Å². The van der Waals surface area contributed by atoms with Gasteiger partial charge >= 0.3 is 0 Å². The highest BCUT2D eigenvalue weighted by Gasteiger charge is 2.14. The van der Waals surface area contributed by atoms with Crippen LogP contribution in [0, 0.1) is 0 Å². The zero-order chi connectivity index (χ0) is 13.7. The Morgan fingerprint density at radius 3 is 2.21 bits per heavy atom. The molecule has 2 nitrogen and oxygen atoms in total. The average molecular weight is 254 g/mol. The Morgan fingerprint density at radius 2 is 1.68 bits per heavy atom. The van der Waals surface area contributed by atoms with Crippen molar-refractivity contribution in [1.82, 2.24) is 10.3 Å². The van der Waals surface area contributed by atoms with Crippen molar-refractivity contribution in [3.8, 4) is 0 Å². The molecule has 2 rings (SSSR count). The topological polar surface area (TPSA) is 24.9 Å². The first-order chi connectivity index (χ1) is 9.22. The molecule has 0 aliphatic rings. The number of hydrogen-bond acceptors (Lipinski definition) is 2. The normalized spacial score (nSPS) is 12.6. The van der Waals surface area contributed by atoms with Gasteiger partial charge < -0.3 is 5.32 Å². The molecule has 0 saturated heterocycles. The number of rotatable bonds is 5. The molecule has 2 heteroatoms. The lowest BCUT2D eigenvalue weighted by Gasteiger charge is -2.17. The van der Waals surface area contributed by atoms with Gasteiger partial charge in [0, 0.05) is 24.4 Å². The third kappa shape index (κ3) is 3.42. The Balaban J connectivity index is 2.29. The molecule has 1 atom stereocenters. The average Bonchev–Trinajstić information content (AvgIpc) is 2.46. The fraction of sp³-hybridized carbons (Fsp3) is 0.353. The molecular weight excluding hydrogens is 232 g/mol. The first-order valence-electron chi connectivity index (χ1n) is 6.87. The minimum absolute atomic E-state index is 0.312. The monoisotopic (exact) mass is 254 g/mol. The fourth-order valence-electron chi connectivity index (χ4n) is 2.29. The number of likely N-dealkylation sites (N-methyl/N-ethyl adjacent to an activating group) is 1. The van der Waals surface area contributed by atoms with Crippen molar-refractivity contribution in [2.45, 2.75) is 25.7 Å². The molecule has 0 aliphatic heterocycles. The predicted octanol–water partition coefficient (Wildman–Crippen LogP) is 3.56. The van der Waals surface area contributed by atoms with Crippen molar-refractivity contribution in [1.29, 1.82) is 0 Å². The van der Waals surface area contributed by atoms with E-state index in [2.05, 4.69) is 54.5 Å². The van der Waals surface area contributed by atoms with E-state index < -0.39 is 0 Å². The van der Waals surface area contributed by atoms with Crippen LogP contribution in [0.25, 0.3) is 0 Å². The van der Waals surface area contributed by atoms with Crippen LogP contribution in [0.1, 0.15) is 42.5 Å². The van der Waals surface area contributed by atoms with Crippen molar-refractivity contribution in [2.75, 3.05) is 13.6 Å². The molecule has 0 fully saturated rings. The van der Waals surface area contributed by atoms with Gasteiger partial charge in [-0.1, -0.05) is 44.2 Å². The van der Waals surface area contributed by atoms with E-state index in [-0.39, 0.29) is 0 Å². The smallest absolute Gasteiger partial charge is 0.0491 e. The molecule has 19 heavy (non-hydrogen) atoms. The molecule has 1 heterocycles. The second-order valence-corrected chi connectivity index (χ2v) is 5.19. The largest absolute Gasteiger partial charge is 0.319 e. The van der Waals surface area contributed by atoms with Gasteiger partial charge in [-0.05, 0) is 36.2 Å². The number of hydrogen-bond donors (Lipinski definition) is 1. The van der Waals surface area contributed by atoms with Gasteiger partial charge in [-0.2, -0.15) is 0 Å². The maximum atomic E-state index is 4.49. The summed E-state index contributed by atoms with van der Waals surface area (Å²) in [6, 6.07) is 15.0. The lowest BCUT2D eigenvalue weighted by atomic mass is 9.92. The second kappa shape index (κ2) is 6.48. The number of nitrogens with one attached hydrogen (secondary N) is 1. The van der Waals surface area contributed by atoms with Crippen LogP contribution in [-0.4, -0.2) is 18.6 Å². The summed E-state index contributed by atoms with van der Waals surface area (Å²) in [6.07, 6.45) is 1.86. The molecule has 1 N–H and O–H groups in total. The molecular formula is C17H22N2. The van der Waals surface area contributed by atoms with Crippen molar-refractivity contribution in [2.24, 2.45) is 0 Å². The first kappa shape index (κ1) is 13.8. The van der Waals surface area contributed by atoms with Crippen LogP contribution in [0.2, 0.25) is 0 Å². The van der Waals surface area contributed by atoms with E-state index in [9.17, 15) is 0 Å². The Morgan fingerprint density at radius 1 is 1.00 bits per heavy atom. The van der Waals surface area contributed by atoms with E-state index in [1.165, 1.54) is 11.1 Å². The summed E-state index contributed by atoms with van der Waals surface area (Å²) in [5.41, 5.74) is 3.82. The van der Waals surface area contributed by atoms with E-state index in [0.717, 1.165) is 12.2 Å². The lowest BCUT2D eigenvalue weighted by Crippen LogP contribution is -2.19. The second-order valence-electron chi connectivity index (χ2n) is 5.19. The highest BCUT2D eigenvalue weighted by molar-refractivity contribution is 5.32. The zero-order valence-corrected chi connectivity index (χ0v) is 11.9. The first-order valence-corrected chi connectivity index (χ1v) is 6.87. The van der Waals surface area contributed by atoms with Gasteiger partial charge in [0.1, 0.15) is 0 Å². The maximum Gasteiger partial charge on any atom is 0.0491 e. The van der Waals surface area contributed by atoms with Crippen LogP contribution >= 0.6 is 0 Å². The Bertz CT molecular complexity index is 488. The lowest BCUT2D eigenvalue weighted by molar-refractivity contribution is 0.691. The molecule has 1 unspecified atom stereocenters. The summed E-state index contributed by atoms with van der Waals surface area (Å²) < 4.78 is 0. The molecule has 2 aromatic rings. The van der Waals surface area contributed by atoms with E-state index in [1.807, 2.05) is 25.4 Å². The van der Waals surface area contributed by atoms with Crippen molar-refractivity contribution < 1.29 is 0 Å². The molecule has 0 spiro atoms. The van der Waals surface area contributed by atoms with Gasteiger partial charge in [0.25, 0.3) is 0 Å². The Hall–Kier alpha value is -1.67. The zero-order valence-electron chi connectivity index (χ0n) is 11.9. The SMILES string of the molecule is CNCC(c1ccc(C(C)C)cc1)c1ccccn1. The predicted molar refractivity (Wildman–Crippen MR) is 80.5 cm³/mol. The molecule has 0 amide bonds. The highest BCUT2D eigenvalue weighted by atomic mass is 14.8. The molecule has 0 bridgehead atoms. The van der Waals surface area contributed by atoms with Gasteiger partial charge in [0.15, 0.2) is 0 Å². The molecule has 100 valence electrons.